The molecule has 2 heteroatoms. The van der Waals surface area contributed by atoms with Crippen LogP contribution in [0.1, 0.15) is 127 Å². The Bertz CT molecular complexity index is 808. The molecule has 174 valence electrons. The normalized spacial score (nSPS) is 39.7. The van der Waals surface area contributed by atoms with Crippen LogP contribution in [0.5, 0.6) is 0 Å². The minimum absolute atomic E-state index is 0.0617. The summed E-state index contributed by atoms with van der Waals surface area (Å²) >= 11 is 0. The fourth-order valence-corrected chi connectivity index (χ4v) is 6.58. The fourth-order valence-electron chi connectivity index (χ4n) is 6.58. The summed E-state index contributed by atoms with van der Waals surface area (Å²) in [6.45, 7) is 2.25. The molecule has 0 heterocycles. The molecule has 0 bridgehead atoms. The van der Waals surface area contributed by atoms with Gasteiger partial charge in [0.05, 0.1) is 0 Å². The highest BCUT2D eigenvalue weighted by Crippen LogP contribution is 2.45. The molecule has 3 aliphatic rings. The van der Waals surface area contributed by atoms with Gasteiger partial charge in [-0.05, 0) is 91.7 Å². The molecule has 0 aliphatic heterocycles. The average molecular weight is 435 g/mol. The van der Waals surface area contributed by atoms with E-state index in [1.54, 1.807) is 6.07 Å². The van der Waals surface area contributed by atoms with Gasteiger partial charge in [-0.25, -0.2) is 8.78 Å². The number of rotatable bonds is 7. The first-order valence-electron chi connectivity index (χ1n) is 15.0. The maximum Gasteiger partial charge on any atom is 0.159 e. The summed E-state index contributed by atoms with van der Waals surface area (Å²) in [5, 5.41) is 0. The van der Waals surface area contributed by atoms with Crippen LogP contribution in [-0.4, -0.2) is 0 Å². The van der Waals surface area contributed by atoms with Crippen LogP contribution in [0.3, 0.4) is 0 Å². The molecular formula is C29H44F2. The maximum atomic E-state index is 13.7. The standard InChI is InChI=1S/C29H44F2/c1-2-3-21-4-6-22(7-5-21)8-9-23-10-12-24(13-11-23)25-14-16-26(17-15-25)27-18-19-28(30)29(31)20-27/h18-26H,2-17H2,1H3/i10D2,11D2. The first-order valence-corrected chi connectivity index (χ1v) is 13.0. The zero-order valence-electron chi connectivity index (χ0n) is 23.4. The van der Waals surface area contributed by atoms with Crippen LogP contribution < -0.4 is 0 Å². The summed E-state index contributed by atoms with van der Waals surface area (Å²) in [6.07, 6.45) is 10.8. The lowest BCUT2D eigenvalue weighted by Gasteiger charge is -2.38. The van der Waals surface area contributed by atoms with E-state index in [0.29, 0.717) is 31.1 Å². The molecule has 3 aliphatic carbocycles. The van der Waals surface area contributed by atoms with Crippen molar-refractivity contribution in [1.82, 2.24) is 0 Å². The number of hydrogen-bond acceptors (Lipinski definition) is 0. The molecule has 0 N–H and O–H groups in total. The van der Waals surface area contributed by atoms with Crippen LogP contribution >= 0.6 is 0 Å². The van der Waals surface area contributed by atoms with Crippen molar-refractivity contribution in [3.63, 3.8) is 0 Å². The van der Waals surface area contributed by atoms with Gasteiger partial charge in [-0.15, -0.1) is 0 Å². The summed E-state index contributed by atoms with van der Waals surface area (Å²) in [6, 6.07) is 4.21. The van der Waals surface area contributed by atoms with Crippen LogP contribution in [0, 0.1) is 41.2 Å². The van der Waals surface area contributed by atoms with E-state index < -0.39 is 30.3 Å². The van der Waals surface area contributed by atoms with Gasteiger partial charge in [-0.2, -0.15) is 0 Å². The highest BCUT2D eigenvalue weighted by atomic mass is 19.2. The van der Waals surface area contributed by atoms with E-state index in [-0.39, 0.29) is 11.8 Å². The van der Waals surface area contributed by atoms with Crippen LogP contribution in [0.4, 0.5) is 8.78 Å². The first kappa shape index (κ1) is 18.5. The minimum atomic E-state index is -1.47. The van der Waals surface area contributed by atoms with Crippen molar-refractivity contribution < 1.29 is 14.3 Å². The van der Waals surface area contributed by atoms with Crippen molar-refractivity contribution in [1.29, 1.82) is 0 Å². The number of hydrogen-bond donors (Lipinski definition) is 0. The summed E-state index contributed by atoms with van der Waals surface area (Å²) < 4.78 is 62.4. The lowest BCUT2D eigenvalue weighted by atomic mass is 9.67. The van der Waals surface area contributed by atoms with E-state index in [2.05, 4.69) is 6.92 Å². The highest BCUT2D eigenvalue weighted by Gasteiger charge is 2.32. The molecule has 0 radical (unpaired) electrons. The van der Waals surface area contributed by atoms with Gasteiger partial charge < -0.3 is 0 Å². The van der Waals surface area contributed by atoms with Gasteiger partial charge in [0, 0.05) is 5.48 Å². The van der Waals surface area contributed by atoms with E-state index in [1.807, 2.05) is 0 Å². The second kappa shape index (κ2) is 11.3. The molecular weight excluding hydrogens is 386 g/mol. The monoisotopic (exact) mass is 434 g/mol. The Kier molecular flexibility index (Phi) is 6.73. The first-order chi connectivity index (χ1) is 16.6. The van der Waals surface area contributed by atoms with Gasteiger partial charge in [-0.3, -0.25) is 0 Å². The molecule has 0 unspecified atom stereocenters. The van der Waals surface area contributed by atoms with Crippen molar-refractivity contribution in [2.45, 2.75) is 115 Å². The molecule has 31 heavy (non-hydrogen) atoms. The third kappa shape index (κ3) is 6.32. The van der Waals surface area contributed by atoms with E-state index in [1.165, 1.54) is 50.7 Å². The molecule has 1 aromatic rings. The molecule has 0 atom stereocenters. The largest absolute Gasteiger partial charge is 0.204 e. The van der Waals surface area contributed by atoms with Crippen LogP contribution in [0.15, 0.2) is 18.2 Å². The van der Waals surface area contributed by atoms with Gasteiger partial charge in [0.1, 0.15) is 0 Å². The fraction of sp³-hybridized carbons (Fsp3) is 0.793. The second-order valence-electron chi connectivity index (χ2n) is 10.7. The summed E-state index contributed by atoms with van der Waals surface area (Å²) in [4.78, 5) is 0. The Morgan fingerprint density at radius 3 is 1.90 bits per heavy atom. The average Bonchev–Trinajstić information content (AvgIpc) is 2.81. The topological polar surface area (TPSA) is 0 Å². The van der Waals surface area contributed by atoms with E-state index in [9.17, 15) is 8.78 Å². The van der Waals surface area contributed by atoms with Gasteiger partial charge in [0.15, 0.2) is 11.6 Å². The van der Waals surface area contributed by atoms with Gasteiger partial charge in [0.25, 0.3) is 0 Å². The molecule has 1 aromatic carbocycles. The van der Waals surface area contributed by atoms with E-state index in [4.69, 9.17) is 5.48 Å². The molecule has 0 saturated heterocycles. The highest BCUT2D eigenvalue weighted by molar-refractivity contribution is 5.22. The molecule has 0 spiro atoms. The SMILES string of the molecule is [2H]C1([2H])CC(C2CCC(c3ccc(F)c(F)c3)CC2)CC([2H])([2H])C1CCC1CCC(CCC)CC1. The summed E-state index contributed by atoms with van der Waals surface area (Å²) in [5.41, 5.74) is 0.848. The third-order valence-electron chi connectivity index (χ3n) is 8.63. The predicted molar refractivity (Wildman–Crippen MR) is 126 cm³/mol. The zero-order valence-corrected chi connectivity index (χ0v) is 19.4. The second-order valence-corrected chi connectivity index (χ2v) is 10.7. The number of benzene rings is 1. The Labute approximate surface area is 195 Å². The molecule has 3 fully saturated rings. The van der Waals surface area contributed by atoms with Crippen molar-refractivity contribution >= 4 is 0 Å². The summed E-state index contributed by atoms with van der Waals surface area (Å²) in [5.74, 6) is -0.0354. The minimum Gasteiger partial charge on any atom is -0.204 e. The lowest BCUT2D eigenvalue weighted by Crippen LogP contribution is -2.25. The van der Waals surface area contributed by atoms with Crippen molar-refractivity contribution in [3.05, 3.63) is 35.4 Å². The Balaban J connectivity index is 1.30. The van der Waals surface area contributed by atoms with Gasteiger partial charge in [-0.1, -0.05) is 77.1 Å². The quantitative estimate of drug-likeness (QED) is 0.401. The maximum absolute atomic E-state index is 13.7. The smallest absolute Gasteiger partial charge is 0.159 e. The Hall–Kier alpha value is -0.920. The van der Waals surface area contributed by atoms with Crippen molar-refractivity contribution in [2.75, 3.05) is 0 Å². The van der Waals surface area contributed by atoms with Gasteiger partial charge in [0.2, 0.25) is 0 Å². The van der Waals surface area contributed by atoms with E-state index in [0.717, 1.165) is 43.6 Å². The molecule has 3 saturated carbocycles. The third-order valence-corrected chi connectivity index (χ3v) is 8.63. The zero-order chi connectivity index (χ0) is 25.2. The lowest BCUT2D eigenvalue weighted by molar-refractivity contribution is 0.149. The molecule has 0 aromatic heterocycles. The van der Waals surface area contributed by atoms with Crippen LogP contribution in [-0.2, 0) is 0 Å². The number of halogens is 2. The summed E-state index contributed by atoms with van der Waals surface area (Å²) in [7, 11) is 0. The Morgan fingerprint density at radius 1 is 0.710 bits per heavy atom. The van der Waals surface area contributed by atoms with Gasteiger partial charge >= 0.3 is 0 Å². The van der Waals surface area contributed by atoms with Crippen LogP contribution in [0.25, 0.3) is 0 Å². The Morgan fingerprint density at radius 2 is 1.29 bits per heavy atom. The molecule has 0 amide bonds. The van der Waals surface area contributed by atoms with Crippen molar-refractivity contribution in [2.24, 2.45) is 29.6 Å². The molecule has 4 rings (SSSR count). The van der Waals surface area contributed by atoms with Crippen molar-refractivity contribution in [3.8, 4) is 0 Å². The van der Waals surface area contributed by atoms with Crippen LogP contribution in [0.2, 0.25) is 0 Å². The van der Waals surface area contributed by atoms with E-state index >= 15 is 0 Å². The predicted octanol–water partition coefficient (Wildman–Crippen LogP) is 9.43. The molecule has 0 nitrogen and oxygen atoms in total.